The molecule has 1 aromatic carbocycles. The highest BCUT2D eigenvalue weighted by Gasteiger charge is 2.17. The van der Waals surface area contributed by atoms with Crippen LogP contribution < -0.4 is 5.73 Å². The highest BCUT2D eigenvalue weighted by Crippen LogP contribution is 2.17. The van der Waals surface area contributed by atoms with Gasteiger partial charge < -0.3 is 10.5 Å². The standard InChI is InChI=1S/C14H21NO2/c1-3-4-10-13(15)14(16)17-11(2)12-8-6-5-7-9-12/h5-9,11,13H,3-4,10,15H2,1-2H3. The van der Waals surface area contributed by atoms with Crippen LogP contribution >= 0.6 is 0 Å². The smallest absolute Gasteiger partial charge is 0.323 e. The Labute approximate surface area is 103 Å². The molecule has 3 nitrogen and oxygen atoms in total. The van der Waals surface area contributed by atoms with Crippen LogP contribution in [-0.4, -0.2) is 12.0 Å². The molecule has 0 radical (unpaired) electrons. The molecule has 2 atom stereocenters. The summed E-state index contributed by atoms with van der Waals surface area (Å²) in [4.78, 5) is 11.7. The lowest BCUT2D eigenvalue weighted by atomic mass is 10.1. The van der Waals surface area contributed by atoms with Crippen LogP contribution in [-0.2, 0) is 9.53 Å². The Hall–Kier alpha value is -1.35. The number of carbonyl (C=O) groups excluding carboxylic acids is 1. The highest BCUT2D eigenvalue weighted by molar-refractivity contribution is 5.75. The molecule has 17 heavy (non-hydrogen) atoms. The highest BCUT2D eigenvalue weighted by atomic mass is 16.5. The van der Waals surface area contributed by atoms with Gasteiger partial charge in [0.2, 0.25) is 0 Å². The summed E-state index contributed by atoms with van der Waals surface area (Å²) >= 11 is 0. The molecule has 2 N–H and O–H groups in total. The molecule has 0 saturated carbocycles. The van der Waals surface area contributed by atoms with E-state index in [0.29, 0.717) is 6.42 Å². The van der Waals surface area contributed by atoms with Gasteiger partial charge in [-0.15, -0.1) is 0 Å². The van der Waals surface area contributed by atoms with Gasteiger partial charge in [0.1, 0.15) is 12.1 Å². The van der Waals surface area contributed by atoms with Crippen molar-refractivity contribution in [3.05, 3.63) is 35.9 Å². The predicted octanol–water partition coefficient (Wildman–Crippen LogP) is 2.81. The van der Waals surface area contributed by atoms with Crippen LogP contribution in [0.1, 0.15) is 44.8 Å². The molecule has 3 heteroatoms. The van der Waals surface area contributed by atoms with E-state index < -0.39 is 6.04 Å². The maximum atomic E-state index is 11.7. The van der Waals surface area contributed by atoms with E-state index in [2.05, 4.69) is 6.92 Å². The van der Waals surface area contributed by atoms with Gasteiger partial charge in [-0.05, 0) is 18.9 Å². The van der Waals surface area contributed by atoms with Crippen molar-refractivity contribution in [2.75, 3.05) is 0 Å². The first-order valence-electron chi connectivity index (χ1n) is 6.16. The first-order valence-corrected chi connectivity index (χ1v) is 6.16. The van der Waals surface area contributed by atoms with E-state index in [1.165, 1.54) is 0 Å². The summed E-state index contributed by atoms with van der Waals surface area (Å²) in [5.74, 6) is -0.310. The molecule has 0 aromatic heterocycles. The number of carbonyl (C=O) groups is 1. The number of ether oxygens (including phenoxy) is 1. The van der Waals surface area contributed by atoms with Crippen molar-refractivity contribution in [1.82, 2.24) is 0 Å². The molecule has 0 fully saturated rings. The summed E-state index contributed by atoms with van der Waals surface area (Å²) in [5.41, 5.74) is 6.74. The van der Waals surface area contributed by atoms with Crippen LogP contribution in [0.5, 0.6) is 0 Å². The largest absolute Gasteiger partial charge is 0.457 e. The zero-order valence-corrected chi connectivity index (χ0v) is 10.6. The van der Waals surface area contributed by atoms with Gasteiger partial charge >= 0.3 is 5.97 Å². The van der Waals surface area contributed by atoms with Crippen LogP contribution in [0, 0.1) is 0 Å². The Bertz CT molecular complexity index is 337. The Morgan fingerprint density at radius 3 is 2.59 bits per heavy atom. The fourth-order valence-electron chi connectivity index (χ4n) is 1.60. The third-order valence-electron chi connectivity index (χ3n) is 2.73. The minimum atomic E-state index is -0.499. The zero-order chi connectivity index (χ0) is 12.7. The summed E-state index contributed by atoms with van der Waals surface area (Å²) < 4.78 is 5.33. The minimum Gasteiger partial charge on any atom is -0.457 e. The molecular weight excluding hydrogens is 214 g/mol. The van der Waals surface area contributed by atoms with E-state index in [1.54, 1.807) is 0 Å². The van der Waals surface area contributed by atoms with Gasteiger partial charge in [0.25, 0.3) is 0 Å². The third-order valence-corrected chi connectivity index (χ3v) is 2.73. The maximum Gasteiger partial charge on any atom is 0.323 e. The lowest BCUT2D eigenvalue weighted by molar-refractivity contribution is -0.150. The Morgan fingerprint density at radius 2 is 2.00 bits per heavy atom. The number of esters is 1. The fraction of sp³-hybridized carbons (Fsp3) is 0.500. The lowest BCUT2D eigenvalue weighted by Gasteiger charge is -2.16. The minimum absolute atomic E-state index is 0.239. The molecule has 0 bridgehead atoms. The molecule has 2 unspecified atom stereocenters. The SMILES string of the molecule is CCCCC(N)C(=O)OC(C)c1ccccc1. The molecule has 0 aliphatic rings. The average Bonchev–Trinajstić information content (AvgIpc) is 2.36. The lowest BCUT2D eigenvalue weighted by Crippen LogP contribution is -2.32. The Kier molecular flexibility index (Phi) is 5.70. The quantitative estimate of drug-likeness (QED) is 0.771. The summed E-state index contributed by atoms with van der Waals surface area (Å²) in [6.07, 6.45) is 2.44. The maximum absolute atomic E-state index is 11.7. The second-order valence-corrected chi connectivity index (χ2v) is 4.24. The Morgan fingerprint density at radius 1 is 1.35 bits per heavy atom. The zero-order valence-electron chi connectivity index (χ0n) is 10.6. The van der Waals surface area contributed by atoms with Crippen LogP contribution in [0.3, 0.4) is 0 Å². The summed E-state index contributed by atoms with van der Waals surface area (Å²) in [7, 11) is 0. The van der Waals surface area contributed by atoms with Crippen LogP contribution in [0.2, 0.25) is 0 Å². The number of unbranched alkanes of at least 4 members (excludes halogenated alkanes) is 1. The number of rotatable bonds is 6. The van der Waals surface area contributed by atoms with Gasteiger partial charge in [0.05, 0.1) is 0 Å². The van der Waals surface area contributed by atoms with Gasteiger partial charge in [-0.2, -0.15) is 0 Å². The summed E-state index contributed by atoms with van der Waals surface area (Å²) in [6.45, 7) is 3.93. The van der Waals surface area contributed by atoms with Gasteiger partial charge in [-0.3, -0.25) is 4.79 Å². The van der Waals surface area contributed by atoms with E-state index in [4.69, 9.17) is 10.5 Å². The van der Waals surface area contributed by atoms with Crippen LogP contribution in [0.25, 0.3) is 0 Å². The summed E-state index contributed by atoms with van der Waals surface area (Å²) in [5, 5.41) is 0. The Balaban J connectivity index is 2.46. The second kappa shape index (κ2) is 7.07. The van der Waals surface area contributed by atoms with Gasteiger partial charge in [0, 0.05) is 0 Å². The molecule has 0 saturated heterocycles. The molecular formula is C14H21NO2. The van der Waals surface area contributed by atoms with Crippen molar-refractivity contribution < 1.29 is 9.53 Å². The van der Waals surface area contributed by atoms with E-state index in [9.17, 15) is 4.79 Å². The van der Waals surface area contributed by atoms with Gasteiger partial charge in [-0.1, -0.05) is 50.1 Å². The molecule has 1 aromatic rings. The number of benzene rings is 1. The van der Waals surface area contributed by atoms with Crippen molar-refractivity contribution in [3.63, 3.8) is 0 Å². The topological polar surface area (TPSA) is 52.3 Å². The molecule has 0 amide bonds. The number of hydrogen-bond acceptors (Lipinski definition) is 3. The number of nitrogens with two attached hydrogens (primary N) is 1. The molecule has 0 aliphatic heterocycles. The third kappa shape index (κ3) is 4.57. The normalized spacial score (nSPS) is 14.1. The molecule has 94 valence electrons. The van der Waals surface area contributed by atoms with E-state index >= 15 is 0 Å². The first-order chi connectivity index (χ1) is 8.15. The molecule has 0 spiro atoms. The number of hydrogen-bond donors (Lipinski definition) is 1. The van der Waals surface area contributed by atoms with E-state index in [0.717, 1.165) is 18.4 Å². The molecule has 0 aliphatic carbocycles. The monoisotopic (exact) mass is 235 g/mol. The average molecular weight is 235 g/mol. The van der Waals surface area contributed by atoms with Crippen molar-refractivity contribution in [2.45, 2.75) is 45.3 Å². The van der Waals surface area contributed by atoms with Crippen molar-refractivity contribution in [3.8, 4) is 0 Å². The van der Waals surface area contributed by atoms with Crippen molar-refractivity contribution in [2.24, 2.45) is 5.73 Å². The van der Waals surface area contributed by atoms with Gasteiger partial charge in [-0.25, -0.2) is 0 Å². The summed E-state index contributed by atoms with van der Waals surface area (Å²) in [6, 6.07) is 9.17. The first kappa shape index (κ1) is 13.7. The fourth-order valence-corrected chi connectivity index (χ4v) is 1.60. The van der Waals surface area contributed by atoms with E-state index in [1.807, 2.05) is 37.3 Å². The molecule has 0 heterocycles. The van der Waals surface area contributed by atoms with Crippen molar-refractivity contribution in [1.29, 1.82) is 0 Å². The van der Waals surface area contributed by atoms with E-state index in [-0.39, 0.29) is 12.1 Å². The van der Waals surface area contributed by atoms with Gasteiger partial charge in [0.15, 0.2) is 0 Å². The second-order valence-electron chi connectivity index (χ2n) is 4.24. The molecule has 1 rings (SSSR count). The van der Waals surface area contributed by atoms with Crippen LogP contribution in [0.15, 0.2) is 30.3 Å². The van der Waals surface area contributed by atoms with Crippen LogP contribution in [0.4, 0.5) is 0 Å². The predicted molar refractivity (Wildman–Crippen MR) is 68.4 cm³/mol. The van der Waals surface area contributed by atoms with Crippen molar-refractivity contribution >= 4 is 5.97 Å².